The molecule has 1 amide bonds. The van der Waals surface area contributed by atoms with E-state index >= 15 is 0 Å². The molecule has 136 valence electrons. The maximum atomic E-state index is 12.6. The van der Waals surface area contributed by atoms with Crippen LogP contribution in [-0.2, 0) is 17.6 Å². The lowest BCUT2D eigenvalue weighted by Gasteiger charge is -2.08. The highest BCUT2D eigenvalue weighted by Gasteiger charge is 2.28. The fourth-order valence-corrected chi connectivity index (χ4v) is 4.31. The summed E-state index contributed by atoms with van der Waals surface area (Å²) in [5.74, 6) is -0.935. The first kappa shape index (κ1) is 18.1. The summed E-state index contributed by atoms with van der Waals surface area (Å²) in [5.41, 5.74) is 1.90. The van der Waals surface area contributed by atoms with Gasteiger partial charge < -0.3 is 10.1 Å². The van der Waals surface area contributed by atoms with E-state index in [0.717, 1.165) is 29.7 Å². The molecule has 0 bridgehead atoms. The molecule has 0 radical (unpaired) electrons. The molecule has 3 rings (SSSR count). The monoisotopic (exact) mass is 374 g/mol. The van der Waals surface area contributed by atoms with Crippen LogP contribution in [0.25, 0.3) is 0 Å². The number of anilines is 1. The van der Waals surface area contributed by atoms with E-state index in [-0.39, 0.29) is 17.9 Å². The van der Waals surface area contributed by atoms with Crippen LogP contribution in [0, 0.1) is 17.0 Å². The number of nitro benzene ring substituents is 1. The summed E-state index contributed by atoms with van der Waals surface area (Å²) >= 11 is 1.37. The third kappa shape index (κ3) is 3.32. The number of esters is 1. The maximum absolute atomic E-state index is 12.6. The summed E-state index contributed by atoms with van der Waals surface area (Å²) in [6.45, 7) is 3.59. The highest BCUT2D eigenvalue weighted by Crippen LogP contribution is 2.39. The molecule has 1 N–H and O–H groups in total. The van der Waals surface area contributed by atoms with E-state index in [1.165, 1.54) is 29.5 Å². The van der Waals surface area contributed by atoms with Crippen LogP contribution in [0.1, 0.15) is 50.1 Å². The predicted molar refractivity (Wildman–Crippen MR) is 98.1 cm³/mol. The highest BCUT2D eigenvalue weighted by atomic mass is 32.1. The van der Waals surface area contributed by atoms with Crippen molar-refractivity contribution in [3.63, 3.8) is 0 Å². The minimum Gasteiger partial charge on any atom is -0.462 e. The summed E-state index contributed by atoms with van der Waals surface area (Å²) in [7, 11) is 0. The van der Waals surface area contributed by atoms with Crippen molar-refractivity contribution in [3.8, 4) is 0 Å². The number of nitrogens with one attached hydrogen (secondary N) is 1. The smallest absolute Gasteiger partial charge is 0.341 e. The zero-order valence-electron chi connectivity index (χ0n) is 14.5. The van der Waals surface area contributed by atoms with Crippen molar-refractivity contribution in [1.29, 1.82) is 0 Å². The van der Waals surface area contributed by atoms with Crippen molar-refractivity contribution in [2.75, 3.05) is 11.9 Å². The molecule has 2 aromatic rings. The molecule has 0 spiro atoms. The standard InChI is InChI=1S/C18H18N2O5S/c1-3-25-18(22)15-12-5-4-6-14(12)26-17(15)19-16(21)11-8-7-10(2)13(9-11)20(23)24/h7-9H,3-6H2,1-2H3,(H,19,21). The highest BCUT2D eigenvalue weighted by molar-refractivity contribution is 7.17. The van der Waals surface area contributed by atoms with Crippen molar-refractivity contribution in [3.05, 3.63) is 55.4 Å². The van der Waals surface area contributed by atoms with Crippen LogP contribution >= 0.6 is 11.3 Å². The molecule has 8 heteroatoms. The van der Waals surface area contributed by atoms with E-state index in [4.69, 9.17) is 4.74 Å². The molecular formula is C18H18N2O5S. The number of ether oxygens (including phenoxy) is 1. The van der Waals surface area contributed by atoms with Crippen LogP contribution in [0.3, 0.4) is 0 Å². The molecule has 0 saturated heterocycles. The fraction of sp³-hybridized carbons (Fsp3) is 0.333. The van der Waals surface area contributed by atoms with Crippen LogP contribution in [0.5, 0.6) is 0 Å². The second-order valence-electron chi connectivity index (χ2n) is 5.99. The number of hydrogen-bond acceptors (Lipinski definition) is 6. The number of aryl methyl sites for hydroxylation is 2. The Hall–Kier alpha value is -2.74. The van der Waals surface area contributed by atoms with Crippen LogP contribution in [-0.4, -0.2) is 23.4 Å². The first-order valence-electron chi connectivity index (χ1n) is 8.30. The van der Waals surface area contributed by atoms with Gasteiger partial charge in [-0.15, -0.1) is 11.3 Å². The summed E-state index contributed by atoms with van der Waals surface area (Å²) in [5, 5.41) is 14.3. The third-order valence-electron chi connectivity index (χ3n) is 4.30. The molecule has 1 aromatic heterocycles. The molecule has 0 aliphatic heterocycles. The zero-order chi connectivity index (χ0) is 18.8. The molecule has 7 nitrogen and oxygen atoms in total. The number of benzene rings is 1. The SMILES string of the molecule is CCOC(=O)c1c(NC(=O)c2ccc(C)c([N+](=O)[O-])c2)sc2c1CCC2. The molecule has 1 aliphatic rings. The molecule has 1 aromatic carbocycles. The number of amides is 1. The van der Waals surface area contributed by atoms with Gasteiger partial charge >= 0.3 is 5.97 Å². The Morgan fingerprint density at radius 3 is 2.81 bits per heavy atom. The molecule has 0 saturated carbocycles. The number of carbonyl (C=O) groups excluding carboxylic acids is 2. The molecule has 0 fully saturated rings. The van der Waals surface area contributed by atoms with Gasteiger partial charge in [-0.2, -0.15) is 0 Å². The lowest BCUT2D eigenvalue weighted by Crippen LogP contribution is -2.15. The molecule has 1 aliphatic carbocycles. The summed E-state index contributed by atoms with van der Waals surface area (Å²) in [4.78, 5) is 36.6. The minimum atomic E-state index is -0.518. The van der Waals surface area contributed by atoms with Gasteiger partial charge in [0, 0.05) is 22.1 Å². The quantitative estimate of drug-likeness (QED) is 0.486. The molecular weight excluding hydrogens is 356 g/mol. The van der Waals surface area contributed by atoms with Crippen LogP contribution in [0.4, 0.5) is 10.7 Å². The fourth-order valence-electron chi connectivity index (χ4n) is 3.03. The predicted octanol–water partition coefficient (Wildman–Crippen LogP) is 3.88. The molecule has 1 heterocycles. The van der Waals surface area contributed by atoms with Gasteiger partial charge in [-0.25, -0.2) is 4.79 Å². The Bertz CT molecular complexity index is 903. The van der Waals surface area contributed by atoms with Crippen molar-refractivity contribution in [2.24, 2.45) is 0 Å². The van der Waals surface area contributed by atoms with Crippen LogP contribution < -0.4 is 5.32 Å². The molecule has 0 unspecified atom stereocenters. The molecule has 26 heavy (non-hydrogen) atoms. The van der Waals surface area contributed by atoms with Crippen LogP contribution in [0.15, 0.2) is 18.2 Å². The van der Waals surface area contributed by atoms with Crippen molar-refractivity contribution < 1.29 is 19.2 Å². The van der Waals surface area contributed by atoms with E-state index < -0.39 is 16.8 Å². The van der Waals surface area contributed by atoms with Gasteiger partial charge in [-0.1, -0.05) is 6.07 Å². The summed E-state index contributed by atoms with van der Waals surface area (Å²) in [6, 6.07) is 4.31. The first-order chi connectivity index (χ1) is 12.4. The number of nitrogens with zero attached hydrogens (tertiary/aromatic N) is 1. The number of rotatable bonds is 5. The Morgan fingerprint density at radius 1 is 1.35 bits per heavy atom. The van der Waals surface area contributed by atoms with Crippen molar-refractivity contribution in [2.45, 2.75) is 33.1 Å². The maximum Gasteiger partial charge on any atom is 0.341 e. The first-order valence-corrected chi connectivity index (χ1v) is 9.12. The Kier molecular flexibility index (Phi) is 5.03. The average Bonchev–Trinajstić information content (AvgIpc) is 3.15. The minimum absolute atomic E-state index is 0.114. The van der Waals surface area contributed by atoms with Crippen molar-refractivity contribution >= 4 is 33.9 Å². The van der Waals surface area contributed by atoms with Gasteiger partial charge in [0.15, 0.2) is 0 Å². The second kappa shape index (κ2) is 7.25. The van der Waals surface area contributed by atoms with Gasteiger partial charge in [0.1, 0.15) is 5.00 Å². The van der Waals surface area contributed by atoms with Gasteiger partial charge in [0.2, 0.25) is 0 Å². The lowest BCUT2D eigenvalue weighted by molar-refractivity contribution is -0.385. The van der Waals surface area contributed by atoms with Crippen LogP contribution in [0.2, 0.25) is 0 Å². The molecule has 0 atom stereocenters. The number of nitro groups is 1. The Balaban J connectivity index is 1.92. The lowest BCUT2D eigenvalue weighted by atomic mass is 10.1. The number of thiophene rings is 1. The van der Waals surface area contributed by atoms with E-state index in [1.54, 1.807) is 13.8 Å². The summed E-state index contributed by atoms with van der Waals surface area (Å²) in [6.07, 6.45) is 2.64. The number of carbonyl (C=O) groups is 2. The zero-order valence-corrected chi connectivity index (χ0v) is 15.3. The van der Waals surface area contributed by atoms with E-state index in [2.05, 4.69) is 5.32 Å². The van der Waals surface area contributed by atoms with E-state index in [0.29, 0.717) is 16.1 Å². The second-order valence-corrected chi connectivity index (χ2v) is 7.10. The topological polar surface area (TPSA) is 98.5 Å². The van der Waals surface area contributed by atoms with E-state index in [9.17, 15) is 19.7 Å². The van der Waals surface area contributed by atoms with E-state index in [1.807, 2.05) is 0 Å². The Morgan fingerprint density at radius 2 is 2.12 bits per heavy atom. The van der Waals surface area contributed by atoms with Gasteiger partial charge in [-0.3, -0.25) is 14.9 Å². The normalized spacial score (nSPS) is 12.5. The Labute approximate surface area is 154 Å². The largest absolute Gasteiger partial charge is 0.462 e. The average molecular weight is 374 g/mol. The van der Waals surface area contributed by atoms with Crippen molar-refractivity contribution in [1.82, 2.24) is 0 Å². The number of fused-ring (bicyclic) bond motifs is 1. The van der Waals surface area contributed by atoms with Gasteiger partial charge in [0.25, 0.3) is 11.6 Å². The van der Waals surface area contributed by atoms with Gasteiger partial charge in [0.05, 0.1) is 17.1 Å². The number of hydrogen-bond donors (Lipinski definition) is 1. The summed E-state index contributed by atoms with van der Waals surface area (Å²) < 4.78 is 5.13. The third-order valence-corrected chi connectivity index (χ3v) is 5.50. The van der Waals surface area contributed by atoms with Gasteiger partial charge in [-0.05, 0) is 44.7 Å².